The number of rotatable bonds is 5. The Labute approximate surface area is 189 Å². The predicted molar refractivity (Wildman–Crippen MR) is 117 cm³/mol. The van der Waals surface area contributed by atoms with Crippen LogP contribution >= 0.6 is 46.4 Å². The Morgan fingerprint density at radius 3 is 2.17 bits per heavy atom. The standard InChI is InChI=1S/C18H17Cl4N3O3S/c19-12-4-5-13(20)16(10-12)23-17(26)11-24-6-8-25(9-7-24)29(27,28)18-14(21)2-1-3-15(18)22/h1-5,10H,6-9,11H2,(H,23,26). The third-order valence-electron chi connectivity index (χ3n) is 4.42. The fourth-order valence-electron chi connectivity index (χ4n) is 2.97. The second-order valence-electron chi connectivity index (χ2n) is 6.40. The Balaban J connectivity index is 1.60. The molecule has 1 aliphatic heterocycles. The van der Waals surface area contributed by atoms with E-state index >= 15 is 0 Å². The van der Waals surface area contributed by atoms with E-state index in [2.05, 4.69) is 5.32 Å². The molecule has 0 radical (unpaired) electrons. The van der Waals surface area contributed by atoms with E-state index in [9.17, 15) is 13.2 Å². The Hall–Kier alpha value is -1.06. The molecule has 0 unspecified atom stereocenters. The highest BCUT2D eigenvalue weighted by molar-refractivity contribution is 7.89. The van der Waals surface area contributed by atoms with Crippen molar-refractivity contribution < 1.29 is 13.2 Å². The zero-order valence-electron chi connectivity index (χ0n) is 15.0. The number of hydrogen-bond donors (Lipinski definition) is 1. The third-order valence-corrected chi connectivity index (χ3v) is 7.84. The summed E-state index contributed by atoms with van der Waals surface area (Å²) < 4.78 is 27.1. The van der Waals surface area contributed by atoms with Gasteiger partial charge < -0.3 is 5.32 Å². The lowest BCUT2D eigenvalue weighted by Gasteiger charge is -2.33. The normalized spacial score (nSPS) is 16.0. The number of hydrogen-bond acceptors (Lipinski definition) is 4. The molecule has 29 heavy (non-hydrogen) atoms. The van der Waals surface area contributed by atoms with Gasteiger partial charge in [0.15, 0.2) is 0 Å². The van der Waals surface area contributed by atoms with Gasteiger partial charge in [0.05, 0.1) is 27.3 Å². The highest BCUT2D eigenvalue weighted by atomic mass is 35.5. The van der Waals surface area contributed by atoms with Crippen molar-refractivity contribution in [2.24, 2.45) is 0 Å². The molecular weight excluding hydrogens is 480 g/mol. The molecule has 156 valence electrons. The van der Waals surface area contributed by atoms with E-state index in [4.69, 9.17) is 46.4 Å². The molecule has 0 aromatic heterocycles. The summed E-state index contributed by atoms with van der Waals surface area (Å²) in [5.41, 5.74) is 0.429. The number of nitrogens with zero attached hydrogens (tertiary/aromatic N) is 2. The summed E-state index contributed by atoms with van der Waals surface area (Å²) in [6.45, 7) is 1.31. The van der Waals surface area contributed by atoms with Crippen LogP contribution in [0.25, 0.3) is 0 Å². The molecule has 11 heteroatoms. The van der Waals surface area contributed by atoms with Gasteiger partial charge in [-0.2, -0.15) is 4.31 Å². The lowest BCUT2D eigenvalue weighted by molar-refractivity contribution is -0.117. The van der Waals surface area contributed by atoms with Crippen LogP contribution in [0.15, 0.2) is 41.3 Å². The average molecular weight is 497 g/mol. The molecule has 0 saturated carbocycles. The van der Waals surface area contributed by atoms with E-state index in [0.29, 0.717) is 28.8 Å². The lowest BCUT2D eigenvalue weighted by atomic mass is 10.3. The van der Waals surface area contributed by atoms with E-state index in [1.165, 1.54) is 16.4 Å². The molecule has 0 spiro atoms. The fourth-order valence-corrected chi connectivity index (χ4v) is 5.82. The molecule has 0 atom stereocenters. The second kappa shape index (κ2) is 9.39. The topological polar surface area (TPSA) is 69.7 Å². The van der Waals surface area contributed by atoms with E-state index in [1.54, 1.807) is 24.3 Å². The first-order valence-electron chi connectivity index (χ1n) is 8.60. The van der Waals surface area contributed by atoms with Crippen LogP contribution in [0.2, 0.25) is 20.1 Å². The quantitative estimate of drug-likeness (QED) is 0.671. The minimum absolute atomic E-state index is 0.0812. The summed E-state index contributed by atoms with van der Waals surface area (Å²) in [6, 6.07) is 9.36. The van der Waals surface area contributed by atoms with Gasteiger partial charge in [-0.1, -0.05) is 52.5 Å². The zero-order chi connectivity index (χ0) is 21.2. The molecule has 1 saturated heterocycles. The Morgan fingerprint density at radius 2 is 1.55 bits per heavy atom. The van der Waals surface area contributed by atoms with Crippen molar-refractivity contribution in [3.05, 3.63) is 56.5 Å². The SMILES string of the molecule is O=C(CN1CCN(S(=O)(=O)c2c(Cl)cccc2Cl)CC1)Nc1cc(Cl)ccc1Cl. The van der Waals surface area contributed by atoms with Crippen molar-refractivity contribution in [2.75, 3.05) is 38.0 Å². The van der Waals surface area contributed by atoms with Crippen molar-refractivity contribution in [1.82, 2.24) is 9.21 Å². The summed E-state index contributed by atoms with van der Waals surface area (Å²) in [6.07, 6.45) is 0. The highest BCUT2D eigenvalue weighted by Crippen LogP contribution is 2.32. The Kier molecular flexibility index (Phi) is 7.32. The van der Waals surface area contributed by atoms with Crippen LogP contribution in [0, 0.1) is 0 Å². The molecule has 1 aliphatic rings. The maximum absolute atomic E-state index is 12.9. The molecule has 1 fully saturated rings. The number of piperazine rings is 1. The largest absolute Gasteiger partial charge is 0.324 e. The summed E-state index contributed by atoms with van der Waals surface area (Å²) in [7, 11) is -3.82. The average Bonchev–Trinajstić information content (AvgIpc) is 2.65. The number of benzene rings is 2. The van der Waals surface area contributed by atoms with Crippen molar-refractivity contribution in [2.45, 2.75) is 4.90 Å². The molecule has 0 aliphatic carbocycles. The van der Waals surface area contributed by atoms with Crippen LogP contribution in [-0.2, 0) is 14.8 Å². The number of carbonyl (C=O) groups is 1. The van der Waals surface area contributed by atoms with E-state index < -0.39 is 10.0 Å². The molecule has 1 heterocycles. The zero-order valence-corrected chi connectivity index (χ0v) is 18.9. The molecule has 1 amide bonds. The van der Waals surface area contributed by atoms with Crippen LogP contribution in [0.3, 0.4) is 0 Å². The number of amides is 1. The maximum Gasteiger partial charge on any atom is 0.246 e. The number of halogens is 4. The molecule has 6 nitrogen and oxygen atoms in total. The van der Waals surface area contributed by atoms with E-state index in [-0.39, 0.29) is 40.5 Å². The minimum Gasteiger partial charge on any atom is -0.324 e. The summed E-state index contributed by atoms with van der Waals surface area (Å²) in [5, 5.41) is 3.72. The third kappa shape index (κ3) is 5.35. The van der Waals surface area contributed by atoms with E-state index in [0.717, 1.165) is 0 Å². The first-order valence-corrected chi connectivity index (χ1v) is 11.5. The minimum atomic E-state index is -3.82. The number of carbonyl (C=O) groups excluding carboxylic acids is 1. The van der Waals surface area contributed by atoms with Gasteiger partial charge in [0.1, 0.15) is 4.90 Å². The summed E-state index contributed by atoms with van der Waals surface area (Å²) >= 11 is 24.1. The number of sulfonamides is 1. The molecule has 2 aromatic rings. The van der Waals surface area contributed by atoms with Gasteiger partial charge >= 0.3 is 0 Å². The molecule has 1 N–H and O–H groups in total. The van der Waals surface area contributed by atoms with Crippen molar-refractivity contribution in [3.63, 3.8) is 0 Å². The van der Waals surface area contributed by atoms with Gasteiger partial charge in [0.25, 0.3) is 0 Å². The van der Waals surface area contributed by atoms with Gasteiger partial charge in [-0.3, -0.25) is 9.69 Å². The molecule has 0 bridgehead atoms. The first kappa shape index (κ1) is 22.6. The maximum atomic E-state index is 12.9. The van der Waals surface area contributed by atoms with Crippen molar-refractivity contribution >= 4 is 68.0 Å². The Bertz CT molecular complexity index is 1000. The highest BCUT2D eigenvalue weighted by Gasteiger charge is 2.32. The Morgan fingerprint density at radius 1 is 0.931 bits per heavy atom. The van der Waals surface area contributed by atoms with Gasteiger partial charge in [-0.25, -0.2) is 8.42 Å². The summed E-state index contributed by atoms with van der Waals surface area (Å²) in [4.78, 5) is 14.1. The van der Waals surface area contributed by atoms with Crippen molar-refractivity contribution in [3.8, 4) is 0 Å². The van der Waals surface area contributed by atoms with Gasteiger partial charge in [-0.15, -0.1) is 0 Å². The lowest BCUT2D eigenvalue weighted by Crippen LogP contribution is -2.50. The number of nitrogens with one attached hydrogen (secondary N) is 1. The van der Waals surface area contributed by atoms with Gasteiger partial charge in [0.2, 0.25) is 15.9 Å². The smallest absolute Gasteiger partial charge is 0.246 e. The monoisotopic (exact) mass is 495 g/mol. The summed E-state index contributed by atoms with van der Waals surface area (Å²) in [5.74, 6) is -0.264. The predicted octanol–water partition coefficient (Wildman–Crippen LogP) is 4.25. The van der Waals surface area contributed by atoms with Crippen LogP contribution in [0.4, 0.5) is 5.69 Å². The van der Waals surface area contributed by atoms with Crippen molar-refractivity contribution in [1.29, 1.82) is 0 Å². The fraction of sp³-hybridized carbons (Fsp3) is 0.278. The molecule has 2 aromatic carbocycles. The van der Waals surface area contributed by atoms with Gasteiger partial charge in [0, 0.05) is 31.2 Å². The number of anilines is 1. The van der Waals surface area contributed by atoms with Crippen LogP contribution in [0.5, 0.6) is 0 Å². The molecule has 3 rings (SSSR count). The van der Waals surface area contributed by atoms with E-state index in [1.807, 2.05) is 4.90 Å². The van der Waals surface area contributed by atoms with Crippen LogP contribution < -0.4 is 5.32 Å². The van der Waals surface area contributed by atoms with Crippen LogP contribution in [0.1, 0.15) is 0 Å². The van der Waals surface area contributed by atoms with Gasteiger partial charge in [-0.05, 0) is 30.3 Å². The molecular formula is C18H17Cl4N3O3S. The van der Waals surface area contributed by atoms with Crippen LogP contribution in [-0.4, -0.2) is 56.3 Å². The first-order chi connectivity index (χ1) is 13.7. The second-order valence-corrected chi connectivity index (χ2v) is 9.94.